The van der Waals surface area contributed by atoms with Gasteiger partial charge in [-0.05, 0) is 24.6 Å². The molecule has 1 atom stereocenters. The molecule has 17 heavy (non-hydrogen) atoms. The lowest BCUT2D eigenvalue weighted by atomic mass is 10.3. The summed E-state index contributed by atoms with van der Waals surface area (Å²) in [6, 6.07) is 3.54. The van der Waals surface area contributed by atoms with Crippen molar-refractivity contribution in [3.05, 3.63) is 23.9 Å². The molecule has 1 aromatic rings. The van der Waals surface area contributed by atoms with Crippen LogP contribution in [0.2, 0.25) is 0 Å². The van der Waals surface area contributed by atoms with Gasteiger partial charge in [-0.15, -0.1) is 0 Å². The zero-order chi connectivity index (χ0) is 12.6. The minimum atomic E-state index is -3.70. The SMILES string of the molecule is Cc1ccnc(N2CC(S(=O)(=O)Cl)CC2=O)c1. The highest BCUT2D eigenvalue weighted by Gasteiger charge is 2.38. The van der Waals surface area contributed by atoms with Crippen molar-refractivity contribution in [2.24, 2.45) is 0 Å². The van der Waals surface area contributed by atoms with E-state index in [9.17, 15) is 13.2 Å². The van der Waals surface area contributed by atoms with Crippen LogP contribution >= 0.6 is 10.7 Å². The highest BCUT2D eigenvalue weighted by atomic mass is 35.7. The van der Waals surface area contributed by atoms with Crippen LogP contribution in [0.25, 0.3) is 0 Å². The summed E-state index contributed by atoms with van der Waals surface area (Å²) >= 11 is 0. The van der Waals surface area contributed by atoms with Crippen LogP contribution in [0, 0.1) is 6.92 Å². The molecule has 1 aromatic heterocycles. The van der Waals surface area contributed by atoms with E-state index in [2.05, 4.69) is 4.98 Å². The molecular formula is C10H11ClN2O3S. The Morgan fingerprint density at radius 1 is 1.53 bits per heavy atom. The van der Waals surface area contributed by atoms with Crippen LogP contribution in [0.5, 0.6) is 0 Å². The first-order valence-corrected chi connectivity index (χ1v) is 7.41. The fourth-order valence-corrected chi connectivity index (χ4v) is 2.78. The average Bonchev–Trinajstić information content (AvgIpc) is 2.60. The lowest BCUT2D eigenvalue weighted by Crippen LogP contribution is -2.27. The highest BCUT2D eigenvalue weighted by molar-refractivity contribution is 8.14. The van der Waals surface area contributed by atoms with E-state index in [0.29, 0.717) is 5.82 Å². The third kappa shape index (κ3) is 2.58. The van der Waals surface area contributed by atoms with Gasteiger partial charge in [0.1, 0.15) is 11.1 Å². The van der Waals surface area contributed by atoms with E-state index in [-0.39, 0.29) is 18.9 Å². The topological polar surface area (TPSA) is 67.3 Å². The summed E-state index contributed by atoms with van der Waals surface area (Å²) in [5.74, 6) is 0.204. The van der Waals surface area contributed by atoms with E-state index in [4.69, 9.17) is 10.7 Å². The van der Waals surface area contributed by atoms with Crippen LogP contribution in [0.4, 0.5) is 5.82 Å². The van der Waals surface area contributed by atoms with Crippen LogP contribution in [0.3, 0.4) is 0 Å². The fraction of sp³-hybridized carbons (Fsp3) is 0.400. The van der Waals surface area contributed by atoms with Gasteiger partial charge in [-0.3, -0.25) is 9.69 Å². The Hall–Kier alpha value is -1.14. The summed E-state index contributed by atoms with van der Waals surface area (Å²) in [6.45, 7) is 1.95. The molecule has 0 N–H and O–H groups in total. The molecule has 1 fully saturated rings. The number of hydrogen-bond donors (Lipinski definition) is 0. The number of hydrogen-bond acceptors (Lipinski definition) is 4. The monoisotopic (exact) mass is 274 g/mol. The first kappa shape index (κ1) is 12.3. The maximum absolute atomic E-state index is 11.7. The first-order chi connectivity index (χ1) is 7.88. The van der Waals surface area contributed by atoms with Crippen LogP contribution in [-0.4, -0.2) is 31.1 Å². The van der Waals surface area contributed by atoms with Gasteiger partial charge in [0.2, 0.25) is 15.0 Å². The Labute approximate surface area is 104 Å². The van der Waals surface area contributed by atoms with Gasteiger partial charge in [-0.1, -0.05) is 0 Å². The number of anilines is 1. The predicted molar refractivity (Wildman–Crippen MR) is 64.5 cm³/mol. The normalized spacial score (nSPS) is 20.9. The van der Waals surface area contributed by atoms with Crippen LogP contribution in [-0.2, 0) is 13.8 Å². The number of aromatic nitrogens is 1. The minimum Gasteiger partial charge on any atom is -0.295 e. The molecule has 1 saturated heterocycles. The van der Waals surface area contributed by atoms with E-state index in [1.54, 1.807) is 18.3 Å². The Kier molecular flexibility index (Phi) is 3.09. The van der Waals surface area contributed by atoms with E-state index < -0.39 is 14.3 Å². The second-order valence-corrected chi connectivity index (χ2v) is 6.91. The number of carbonyl (C=O) groups excluding carboxylic acids is 1. The molecule has 1 unspecified atom stereocenters. The van der Waals surface area contributed by atoms with E-state index in [1.165, 1.54) is 4.90 Å². The number of amides is 1. The molecule has 5 nitrogen and oxygen atoms in total. The molecule has 2 rings (SSSR count). The summed E-state index contributed by atoms with van der Waals surface area (Å²) in [5.41, 5.74) is 0.958. The molecule has 1 aliphatic rings. The fourth-order valence-electron chi connectivity index (χ4n) is 1.75. The van der Waals surface area contributed by atoms with Gasteiger partial charge in [0.05, 0.1) is 0 Å². The van der Waals surface area contributed by atoms with Crippen molar-refractivity contribution in [1.29, 1.82) is 0 Å². The number of rotatable bonds is 2. The summed E-state index contributed by atoms with van der Waals surface area (Å²) in [6.07, 6.45) is 1.50. The Bertz CT molecular complexity index is 558. The van der Waals surface area contributed by atoms with Gasteiger partial charge in [0.15, 0.2) is 0 Å². The quantitative estimate of drug-likeness (QED) is 0.757. The van der Waals surface area contributed by atoms with Crippen molar-refractivity contribution >= 4 is 31.5 Å². The molecular weight excluding hydrogens is 264 g/mol. The van der Waals surface area contributed by atoms with Gasteiger partial charge < -0.3 is 0 Å². The van der Waals surface area contributed by atoms with Crippen molar-refractivity contribution < 1.29 is 13.2 Å². The first-order valence-electron chi connectivity index (χ1n) is 5.04. The van der Waals surface area contributed by atoms with Gasteiger partial charge in [0, 0.05) is 29.8 Å². The Morgan fingerprint density at radius 2 is 2.24 bits per heavy atom. The molecule has 1 amide bonds. The second-order valence-electron chi connectivity index (χ2n) is 4.00. The number of halogens is 1. The van der Waals surface area contributed by atoms with Crippen molar-refractivity contribution in [2.45, 2.75) is 18.6 Å². The number of pyridine rings is 1. The molecule has 0 saturated carbocycles. The molecule has 0 radical (unpaired) electrons. The van der Waals surface area contributed by atoms with E-state index in [0.717, 1.165) is 5.56 Å². The summed E-state index contributed by atoms with van der Waals surface area (Å²) in [7, 11) is 1.56. The summed E-state index contributed by atoms with van der Waals surface area (Å²) in [4.78, 5) is 17.1. The van der Waals surface area contributed by atoms with Crippen molar-refractivity contribution in [3.63, 3.8) is 0 Å². The number of aryl methyl sites for hydroxylation is 1. The molecule has 1 aliphatic heterocycles. The van der Waals surface area contributed by atoms with E-state index in [1.807, 2.05) is 6.92 Å². The molecule has 7 heteroatoms. The van der Waals surface area contributed by atoms with Crippen LogP contribution in [0.15, 0.2) is 18.3 Å². The van der Waals surface area contributed by atoms with Crippen molar-refractivity contribution in [3.8, 4) is 0 Å². The maximum atomic E-state index is 11.7. The molecule has 0 aliphatic carbocycles. The Balaban J connectivity index is 2.28. The highest BCUT2D eigenvalue weighted by Crippen LogP contribution is 2.25. The summed E-state index contributed by atoms with van der Waals surface area (Å²) < 4.78 is 22.4. The molecule has 2 heterocycles. The lowest BCUT2D eigenvalue weighted by Gasteiger charge is -2.15. The zero-order valence-electron chi connectivity index (χ0n) is 9.13. The van der Waals surface area contributed by atoms with E-state index >= 15 is 0 Å². The molecule has 0 bridgehead atoms. The van der Waals surface area contributed by atoms with Gasteiger partial charge in [0.25, 0.3) is 0 Å². The zero-order valence-corrected chi connectivity index (χ0v) is 10.7. The van der Waals surface area contributed by atoms with Crippen LogP contribution < -0.4 is 4.90 Å². The number of carbonyl (C=O) groups is 1. The molecule has 92 valence electrons. The smallest absolute Gasteiger partial charge is 0.237 e. The van der Waals surface area contributed by atoms with Gasteiger partial charge in [-0.25, -0.2) is 13.4 Å². The van der Waals surface area contributed by atoms with Crippen molar-refractivity contribution in [2.75, 3.05) is 11.4 Å². The minimum absolute atomic E-state index is 0.0706. The predicted octanol–water partition coefficient (Wildman–Crippen LogP) is 1.06. The average molecular weight is 275 g/mol. The second kappa shape index (κ2) is 4.27. The third-order valence-electron chi connectivity index (χ3n) is 2.67. The molecule has 0 aromatic carbocycles. The standard InChI is InChI=1S/C10H11ClN2O3S/c1-7-2-3-12-9(4-7)13-6-8(5-10(13)14)17(11,15)16/h2-4,8H,5-6H2,1H3. The van der Waals surface area contributed by atoms with Gasteiger partial charge >= 0.3 is 0 Å². The molecule has 0 spiro atoms. The Morgan fingerprint density at radius 3 is 2.76 bits per heavy atom. The van der Waals surface area contributed by atoms with Crippen LogP contribution in [0.1, 0.15) is 12.0 Å². The lowest BCUT2D eigenvalue weighted by molar-refractivity contribution is -0.117. The number of nitrogens with zero attached hydrogens (tertiary/aromatic N) is 2. The van der Waals surface area contributed by atoms with Gasteiger partial charge in [-0.2, -0.15) is 0 Å². The third-order valence-corrected chi connectivity index (χ3v) is 4.53. The summed E-state index contributed by atoms with van der Waals surface area (Å²) in [5, 5.41) is -0.848. The largest absolute Gasteiger partial charge is 0.295 e. The van der Waals surface area contributed by atoms with Crippen molar-refractivity contribution in [1.82, 2.24) is 4.98 Å². The maximum Gasteiger partial charge on any atom is 0.237 e.